The van der Waals surface area contributed by atoms with Crippen molar-refractivity contribution < 1.29 is 39.6 Å². The number of rotatable bonds is 4. The second-order valence-corrected chi connectivity index (χ2v) is 6.56. The summed E-state index contributed by atoms with van der Waals surface area (Å²) >= 11 is 0. The first-order chi connectivity index (χ1) is 14.3. The zero-order valence-electron chi connectivity index (χ0n) is 15.0. The molecule has 0 aromatic heterocycles. The van der Waals surface area contributed by atoms with Crippen molar-refractivity contribution in [1.29, 1.82) is 0 Å². The van der Waals surface area contributed by atoms with Crippen LogP contribution in [0.4, 0.5) is 0 Å². The molecule has 0 atom stereocenters. The van der Waals surface area contributed by atoms with Gasteiger partial charge in [-0.2, -0.15) is 0 Å². The Labute approximate surface area is 167 Å². The van der Waals surface area contributed by atoms with Crippen molar-refractivity contribution in [3.05, 3.63) is 70.8 Å². The quantitative estimate of drug-likeness (QED) is 0.374. The summed E-state index contributed by atoms with van der Waals surface area (Å²) in [5.74, 6) is -7.02. The number of carboxylic acid groups (broad SMARTS) is 4. The maximum atomic E-state index is 12.2. The lowest BCUT2D eigenvalue weighted by Crippen LogP contribution is -2.20. The van der Waals surface area contributed by atoms with Gasteiger partial charge in [-0.3, -0.25) is 0 Å². The van der Waals surface area contributed by atoms with Crippen LogP contribution in [0.5, 0.6) is 0 Å². The van der Waals surface area contributed by atoms with Gasteiger partial charge in [0.2, 0.25) is 0 Å². The van der Waals surface area contributed by atoms with Gasteiger partial charge in [0, 0.05) is 10.8 Å². The third kappa shape index (κ3) is 2.47. The zero-order chi connectivity index (χ0) is 21.7. The Morgan fingerprint density at radius 2 is 0.700 bits per heavy atom. The van der Waals surface area contributed by atoms with E-state index in [1.165, 1.54) is 0 Å². The van der Waals surface area contributed by atoms with Crippen LogP contribution in [0.1, 0.15) is 41.4 Å². The third-order valence-electron chi connectivity index (χ3n) is 5.04. The molecule has 0 saturated carbocycles. The van der Waals surface area contributed by atoms with Crippen LogP contribution in [0.15, 0.2) is 48.5 Å². The van der Waals surface area contributed by atoms with Gasteiger partial charge in [-0.05, 0) is 21.5 Å². The Bertz CT molecular complexity index is 1340. The lowest BCUT2D eigenvalue weighted by Gasteiger charge is -2.18. The van der Waals surface area contributed by atoms with Crippen LogP contribution in [-0.4, -0.2) is 44.3 Å². The molecular weight excluding hydrogens is 392 g/mol. The minimum Gasteiger partial charge on any atom is -0.478 e. The molecule has 30 heavy (non-hydrogen) atoms. The fraction of sp³-hybridized carbons (Fsp3) is 0. The summed E-state index contributed by atoms with van der Waals surface area (Å²) in [5.41, 5.74) is -3.66. The number of benzene rings is 4. The highest BCUT2D eigenvalue weighted by Crippen LogP contribution is 2.41. The van der Waals surface area contributed by atoms with E-state index in [-0.39, 0.29) is 10.8 Å². The first kappa shape index (κ1) is 18.9. The third-order valence-corrected chi connectivity index (χ3v) is 5.04. The summed E-state index contributed by atoms with van der Waals surface area (Å²) in [4.78, 5) is 48.2. The molecule has 0 heterocycles. The van der Waals surface area contributed by atoms with Gasteiger partial charge in [0.05, 0.1) is 22.3 Å². The Morgan fingerprint density at radius 3 is 0.967 bits per heavy atom. The summed E-state index contributed by atoms with van der Waals surface area (Å²) in [7, 11) is 0. The fourth-order valence-electron chi connectivity index (χ4n) is 4.02. The van der Waals surface area contributed by atoms with Crippen LogP contribution >= 0.6 is 0 Å². The first-order valence-electron chi connectivity index (χ1n) is 8.62. The molecule has 0 aliphatic rings. The van der Waals surface area contributed by atoms with Crippen LogP contribution in [0, 0.1) is 0 Å². The number of hydrogen-bond acceptors (Lipinski definition) is 4. The molecule has 0 radical (unpaired) electrons. The minimum atomic E-state index is -1.84. The number of fused-ring (bicyclic) bond motifs is 6. The van der Waals surface area contributed by atoms with Crippen molar-refractivity contribution in [2.45, 2.75) is 0 Å². The molecule has 8 heteroatoms. The van der Waals surface area contributed by atoms with Crippen molar-refractivity contribution in [3.63, 3.8) is 0 Å². The molecule has 4 rings (SSSR count). The molecule has 0 fully saturated rings. The Kier molecular flexibility index (Phi) is 4.13. The summed E-state index contributed by atoms with van der Waals surface area (Å²) in [6.45, 7) is 0. The van der Waals surface area contributed by atoms with Crippen LogP contribution in [0.3, 0.4) is 0 Å². The molecule has 4 aromatic carbocycles. The fourth-order valence-corrected chi connectivity index (χ4v) is 4.02. The summed E-state index contributed by atoms with van der Waals surface area (Å²) in [6, 6.07) is 13.1. The van der Waals surface area contributed by atoms with Gasteiger partial charge >= 0.3 is 23.9 Å². The van der Waals surface area contributed by atoms with Gasteiger partial charge in [-0.15, -0.1) is 0 Å². The highest BCUT2D eigenvalue weighted by Gasteiger charge is 2.35. The first-order valence-corrected chi connectivity index (χ1v) is 8.62. The maximum absolute atomic E-state index is 12.2. The molecule has 0 aliphatic carbocycles. The largest absolute Gasteiger partial charge is 0.478 e. The van der Waals surface area contributed by atoms with E-state index >= 15 is 0 Å². The van der Waals surface area contributed by atoms with Crippen LogP contribution in [0.2, 0.25) is 0 Å². The SMILES string of the molecule is O=C(O)c1c(C(=O)O)c(C(=O)O)c2c3ccccc3c3ccccc3c2c1C(=O)O. The maximum Gasteiger partial charge on any atom is 0.337 e. The predicted octanol–water partition coefficient (Wildman–Crippen LogP) is 3.94. The van der Waals surface area contributed by atoms with Crippen LogP contribution in [-0.2, 0) is 0 Å². The number of carboxylic acids is 4. The predicted molar refractivity (Wildman–Crippen MR) is 107 cm³/mol. The highest BCUT2D eigenvalue weighted by atomic mass is 16.4. The zero-order valence-corrected chi connectivity index (χ0v) is 15.0. The average molecular weight is 404 g/mol. The molecule has 4 aromatic rings. The van der Waals surface area contributed by atoms with E-state index in [2.05, 4.69) is 0 Å². The normalized spacial score (nSPS) is 11.1. The summed E-state index contributed by atoms with van der Waals surface area (Å²) in [5, 5.41) is 40.6. The Hall–Kier alpha value is -4.46. The molecule has 0 amide bonds. The standard InChI is InChI=1S/C22H12O8/c23-19(24)15-13-11-7-3-1-5-9(11)10-6-2-4-8-12(10)14(13)16(20(25)26)18(22(29)30)17(15)21(27)28/h1-8H,(H,23,24)(H,25,26)(H,27,28)(H,29,30). The van der Waals surface area contributed by atoms with Crippen molar-refractivity contribution in [2.75, 3.05) is 0 Å². The van der Waals surface area contributed by atoms with E-state index in [9.17, 15) is 39.6 Å². The molecule has 4 N–H and O–H groups in total. The topological polar surface area (TPSA) is 149 Å². The van der Waals surface area contributed by atoms with Crippen LogP contribution in [0.25, 0.3) is 32.3 Å². The number of carbonyl (C=O) groups is 4. The summed E-state index contributed by atoms with van der Waals surface area (Å²) < 4.78 is 0. The number of aromatic carboxylic acids is 4. The smallest absolute Gasteiger partial charge is 0.337 e. The Balaban J connectivity index is 2.57. The molecular formula is C22H12O8. The van der Waals surface area contributed by atoms with E-state index < -0.39 is 46.1 Å². The number of hydrogen-bond donors (Lipinski definition) is 4. The van der Waals surface area contributed by atoms with Crippen molar-refractivity contribution >= 4 is 56.2 Å². The van der Waals surface area contributed by atoms with Crippen molar-refractivity contribution in [2.24, 2.45) is 0 Å². The van der Waals surface area contributed by atoms with Gasteiger partial charge in [-0.25, -0.2) is 19.2 Å². The van der Waals surface area contributed by atoms with Crippen molar-refractivity contribution in [1.82, 2.24) is 0 Å². The summed E-state index contributed by atoms with van der Waals surface area (Å²) in [6.07, 6.45) is 0. The van der Waals surface area contributed by atoms with E-state index in [4.69, 9.17) is 0 Å². The van der Waals surface area contributed by atoms with Gasteiger partial charge in [0.15, 0.2) is 0 Å². The molecule has 148 valence electrons. The monoisotopic (exact) mass is 404 g/mol. The van der Waals surface area contributed by atoms with Crippen molar-refractivity contribution in [3.8, 4) is 0 Å². The second kappa shape index (κ2) is 6.56. The highest BCUT2D eigenvalue weighted by molar-refractivity contribution is 6.35. The second-order valence-electron chi connectivity index (χ2n) is 6.56. The van der Waals surface area contributed by atoms with E-state index in [1.54, 1.807) is 48.5 Å². The molecule has 0 bridgehead atoms. The molecule has 0 aliphatic heterocycles. The van der Waals surface area contributed by atoms with Crippen LogP contribution < -0.4 is 0 Å². The molecule has 0 unspecified atom stereocenters. The van der Waals surface area contributed by atoms with Gasteiger partial charge in [0.1, 0.15) is 0 Å². The van der Waals surface area contributed by atoms with Gasteiger partial charge in [-0.1, -0.05) is 48.5 Å². The molecule has 0 saturated heterocycles. The Morgan fingerprint density at radius 1 is 0.433 bits per heavy atom. The van der Waals surface area contributed by atoms with Gasteiger partial charge < -0.3 is 20.4 Å². The van der Waals surface area contributed by atoms with E-state index in [0.717, 1.165) is 0 Å². The molecule has 0 spiro atoms. The van der Waals surface area contributed by atoms with E-state index in [0.29, 0.717) is 21.5 Å². The van der Waals surface area contributed by atoms with E-state index in [1.807, 2.05) is 0 Å². The lowest BCUT2D eigenvalue weighted by atomic mass is 9.83. The van der Waals surface area contributed by atoms with Gasteiger partial charge in [0.25, 0.3) is 0 Å². The minimum absolute atomic E-state index is 0.128. The lowest BCUT2D eigenvalue weighted by molar-refractivity contribution is 0.0622. The molecule has 8 nitrogen and oxygen atoms in total. The average Bonchev–Trinajstić information content (AvgIpc) is 2.71.